The van der Waals surface area contributed by atoms with Crippen LogP contribution < -0.4 is 10.2 Å². The number of nitrogens with one attached hydrogen (secondary N) is 1. The fourth-order valence-corrected chi connectivity index (χ4v) is 4.33. The van der Waals surface area contributed by atoms with E-state index in [1.54, 1.807) is 0 Å². The van der Waals surface area contributed by atoms with Crippen molar-refractivity contribution in [1.82, 2.24) is 10.2 Å². The number of carbonyl (C=O) groups excluding carboxylic acids is 1. The Balaban J connectivity index is 1.38. The second kappa shape index (κ2) is 9.04. The Morgan fingerprint density at radius 1 is 0.893 bits per heavy atom. The van der Waals surface area contributed by atoms with Crippen molar-refractivity contribution in [3.63, 3.8) is 0 Å². The molecule has 0 atom stereocenters. The zero-order chi connectivity index (χ0) is 19.2. The van der Waals surface area contributed by atoms with Crippen molar-refractivity contribution < 1.29 is 4.79 Å². The van der Waals surface area contributed by atoms with Crippen LogP contribution in [0.3, 0.4) is 0 Å². The van der Waals surface area contributed by atoms with E-state index in [-0.39, 0.29) is 5.91 Å². The van der Waals surface area contributed by atoms with Crippen LogP contribution in [0.1, 0.15) is 20.8 Å². The fraction of sp³-hybridized carbons (Fsp3) is 0.261. The number of nitrogens with zero attached hydrogens (tertiary/aromatic N) is 2. The van der Waals surface area contributed by atoms with Crippen LogP contribution >= 0.6 is 11.3 Å². The molecule has 0 spiro atoms. The normalized spacial score (nSPS) is 14.8. The minimum absolute atomic E-state index is 0.0135. The van der Waals surface area contributed by atoms with Gasteiger partial charge in [0.2, 0.25) is 0 Å². The predicted molar refractivity (Wildman–Crippen MR) is 116 cm³/mol. The zero-order valence-electron chi connectivity index (χ0n) is 15.9. The quantitative estimate of drug-likeness (QED) is 0.690. The summed E-state index contributed by atoms with van der Waals surface area (Å²) in [5, 5.41) is 5.19. The van der Waals surface area contributed by atoms with Gasteiger partial charge in [-0.05, 0) is 29.1 Å². The summed E-state index contributed by atoms with van der Waals surface area (Å²) < 4.78 is 0. The van der Waals surface area contributed by atoms with Gasteiger partial charge in [0, 0.05) is 49.8 Å². The molecule has 2 heterocycles. The molecule has 1 fully saturated rings. The number of rotatable bonds is 6. The van der Waals surface area contributed by atoms with Crippen LogP contribution in [0.5, 0.6) is 0 Å². The summed E-state index contributed by atoms with van der Waals surface area (Å²) in [5.41, 5.74) is 2.89. The van der Waals surface area contributed by atoms with E-state index < -0.39 is 0 Å². The summed E-state index contributed by atoms with van der Waals surface area (Å²) in [6.07, 6.45) is 0. The topological polar surface area (TPSA) is 35.6 Å². The molecular formula is C23H25N3OS. The maximum atomic E-state index is 12.8. The molecule has 0 aliphatic carbocycles. The third-order valence-electron chi connectivity index (χ3n) is 5.12. The first-order valence-electron chi connectivity index (χ1n) is 9.70. The van der Waals surface area contributed by atoms with Crippen LogP contribution in [0.4, 0.5) is 5.69 Å². The van der Waals surface area contributed by atoms with Crippen LogP contribution in [0.15, 0.2) is 72.1 Å². The van der Waals surface area contributed by atoms with E-state index in [0.717, 1.165) is 49.5 Å². The maximum Gasteiger partial charge on any atom is 0.253 e. The number of carbonyl (C=O) groups is 1. The van der Waals surface area contributed by atoms with Crippen molar-refractivity contribution in [3.8, 4) is 0 Å². The summed E-state index contributed by atoms with van der Waals surface area (Å²) in [4.78, 5) is 19.0. The molecule has 2 aromatic carbocycles. The number of benzene rings is 2. The predicted octanol–water partition coefficient (Wildman–Crippen LogP) is 4.00. The number of thiophene rings is 1. The Labute approximate surface area is 170 Å². The number of anilines is 1. The highest BCUT2D eigenvalue weighted by Gasteiger charge is 2.21. The summed E-state index contributed by atoms with van der Waals surface area (Å²) in [6, 6.07) is 22.3. The van der Waals surface area contributed by atoms with Gasteiger partial charge in [0.25, 0.3) is 5.91 Å². The van der Waals surface area contributed by atoms with E-state index in [4.69, 9.17) is 0 Å². The summed E-state index contributed by atoms with van der Waals surface area (Å²) in [6.45, 7) is 5.46. The van der Waals surface area contributed by atoms with Gasteiger partial charge in [0.05, 0.1) is 5.56 Å². The molecule has 5 heteroatoms. The molecule has 0 bridgehead atoms. The van der Waals surface area contributed by atoms with Crippen LogP contribution in [-0.4, -0.2) is 37.0 Å². The van der Waals surface area contributed by atoms with Crippen LogP contribution in [0.2, 0.25) is 0 Å². The largest absolute Gasteiger partial charge is 0.368 e. The lowest BCUT2D eigenvalue weighted by atomic mass is 10.1. The summed E-state index contributed by atoms with van der Waals surface area (Å²) in [5.74, 6) is -0.0135. The molecule has 1 saturated heterocycles. The molecular weight excluding hydrogens is 366 g/mol. The van der Waals surface area contributed by atoms with E-state index in [1.165, 1.54) is 4.88 Å². The number of hydrogen-bond donors (Lipinski definition) is 1. The molecule has 4 rings (SSSR count). The molecule has 0 saturated carbocycles. The number of hydrogen-bond acceptors (Lipinski definition) is 4. The average molecular weight is 392 g/mol. The number of piperazine rings is 1. The molecule has 1 aliphatic heterocycles. The van der Waals surface area contributed by atoms with E-state index in [2.05, 4.69) is 38.7 Å². The van der Waals surface area contributed by atoms with Gasteiger partial charge in [-0.2, -0.15) is 0 Å². The Kier molecular flexibility index (Phi) is 6.04. The van der Waals surface area contributed by atoms with Crippen molar-refractivity contribution in [2.75, 3.05) is 31.1 Å². The first kappa shape index (κ1) is 18.7. The Morgan fingerprint density at radius 2 is 1.64 bits per heavy atom. The zero-order valence-corrected chi connectivity index (χ0v) is 16.7. The summed E-state index contributed by atoms with van der Waals surface area (Å²) >= 11 is 1.82. The van der Waals surface area contributed by atoms with E-state index >= 15 is 0 Å². The average Bonchev–Trinajstić information content (AvgIpc) is 3.26. The highest BCUT2D eigenvalue weighted by molar-refractivity contribution is 7.09. The van der Waals surface area contributed by atoms with Crippen LogP contribution in [-0.2, 0) is 13.1 Å². The Hall–Kier alpha value is -2.63. The molecule has 144 valence electrons. The van der Waals surface area contributed by atoms with Gasteiger partial charge < -0.3 is 10.2 Å². The number of para-hydroxylation sites is 1. The smallest absolute Gasteiger partial charge is 0.253 e. The van der Waals surface area contributed by atoms with Crippen LogP contribution in [0, 0.1) is 0 Å². The lowest BCUT2D eigenvalue weighted by Crippen LogP contribution is -2.46. The third-order valence-corrected chi connectivity index (χ3v) is 5.98. The standard InChI is InChI=1S/C23H25N3OS/c27-23(24-17-19-7-2-1-3-8-19)21-10-4-5-11-22(21)26-14-12-25(13-15-26)18-20-9-6-16-28-20/h1-11,16H,12-15,17-18H2,(H,24,27). The lowest BCUT2D eigenvalue weighted by Gasteiger charge is -2.36. The molecule has 4 nitrogen and oxygen atoms in total. The van der Waals surface area contributed by atoms with Gasteiger partial charge in [-0.25, -0.2) is 0 Å². The minimum atomic E-state index is -0.0135. The molecule has 1 aliphatic rings. The van der Waals surface area contributed by atoms with Gasteiger partial charge in [-0.3, -0.25) is 9.69 Å². The lowest BCUT2D eigenvalue weighted by molar-refractivity contribution is 0.0951. The van der Waals surface area contributed by atoms with Gasteiger partial charge >= 0.3 is 0 Å². The van der Waals surface area contributed by atoms with Crippen molar-refractivity contribution in [2.24, 2.45) is 0 Å². The molecule has 1 N–H and O–H groups in total. The minimum Gasteiger partial charge on any atom is -0.368 e. The molecule has 1 amide bonds. The van der Waals surface area contributed by atoms with Crippen molar-refractivity contribution in [2.45, 2.75) is 13.1 Å². The Bertz CT molecular complexity index is 887. The van der Waals surface area contributed by atoms with Crippen LogP contribution in [0.25, 0.3) is 0 Å². The van der Waals surface area contributed by atoms with Gasteiger partial charge in [0.1, 0.15) is 0 Å². The first-order valence-corrected chi connectivity index (χ1v) is 10.6. The molecule has 28 heavy (non-hydrogen) atoms. The second-order valence-electron chi connectivity index (χ2n) is 7.03. The number of amides is 1. The highest BCUT2D eigenvalue weighted by atomic mass is 32.1. The van der Waals surface area contributed by atoms with E-state index in [1.807, 2.05) is 59.9 Å². The van der Waals surface area contributed by atoms with Gasteiger partial charge in [-0.1, -0.05) is 48.5 Å². The van der Waals surface area contributed by atoms with E-state index in [0.29, 0.717) is 6.54 Å². The van der Waals surface area contributed by atoms with Crippen molar-refractivity contribution in [1.29, 1.82) is 0 Å². The molecule has 0 unspecified atom stereocenters. The maximum absolute atomic E-state index is 12.8. The molecule has 1 aromatic heterocycles. The summed E-state index contributed by atoms with van der Waals surface area (Å²) in [7, 11) is 0. The monoisotopic (exact) mass is 391 g/mol. The molecule has 3 aromatic rings. The van der Waals surface area contributed by atoms with Gasteiger partial charge in [-0.15, -0.1) is 11.3 Å². The second-order valence-corrected chi connectivity index (χ2v) is 8.06. The Morgan fingerprint density at radius 3 is 2.39 bits per heavy atom. The van der Waals surface area contributed by atoms with Gasteiger partial charge in [0.15, 0.2) is 0 Å². The van der Waals surface area contributed by atoms with Crippen molar-refractivity contribution in [3.05, 3.63) is 88.1 Å². The molecule has 0 radical (unpaired) electrons. The van der Waals surface area contributed by atoms with E-state index in [9.17, 15) is 4.79 Å². The third kappa shape index (κ3) is 4.61. The first-order chi connectivity index (χ1) is 13.8. The SMILES string of the molecule is O=C(NCc1ccccc1)c1ccccc1N1CCN(Cc2cccs2)CC1. The highest BCUT2D eigenvalue weighted by Crippen LogP contribution is 2.23. The fourth-order valence-electron chi connectivity index (χ4n) is 3.58. The van der Waals surface area contributed by atoms with Crippen molar-refractivity contribution >= 4 is 22.9 Å².